The number of carbonyl (C=O) groups is 1. The molecule has 7 heteroatoms. The molecular weight excluding hydrogens is 358 g/mol. The molecule has 1 unspecified atom stereocenters. The SMILES string of the molecule is O=C(Nc1ccc(Cl)cc1Cl)NC1CCSc2ccc(F)cc21. The summed E-state index contributed by atoms with van der Waals surface area (Å²) in [6.45, 7) is 0. The molecule has 120 valence electrons. The van der Waals surface area contributed by atoms with Gasteiger partial charge in [-0.3, -0.25) is 0 Å². The Bertz CT molecular complexity index is 757. The number of halogens is 3. The molecule has 2 aromatic rings. The van der Waals surface area contributed by atoms with Crippen LogP contribution in [0.25, 0.3) is 0 Å². The molecule has 0 aliphatic carbocycles. The molecule has 0 fully saturated rings. The van der Waals surface area contributed by atoms with E-state index in [2.05, 4.69) is 10.6 Å². The van der Waals surface area contributed by atoms with Gasteiger partial charge in [0.05, 0.1) is 16.8 Å². The van der Waals surface area contributed by atoms with E-state index >= 15 is 0 Å². The van der Waals surface area contributed by atoms with Crippen LogP contribution in [0.1, 0.15) is 18.0 Å². The molecule has 0 radical (unpaired) electrons. The average molecular weight is 371 g/mol. The van der Waals surface area contributed by atoms with Gasteiger partial charge in [-0.2, -0.15) is 0 Å². The number of benzene rings is 2. The van der Waals surface area contributed by atoms with E-state index in [1.807, 2.05) is 0 Å². The number of hydrogen-bond acceptors (Lipinski definition) is 2. The second-order valence-electron chi connectivity index (χ2n) is 5.09. The zero-order valence-electron chi connectivity index (χ0n) is 11.9. The molecule has 1 atom stereocenters. The molecule has 0 spiro atoms. The van der Waals surface area contributed by atoms with Crippen LogP contribution in [0.2, 0.25) is 10.0 Å². The van der Waals surface area contributed by atoms with Gasteiger partial charge >= 0.3 is 6.03 Å². The third-order valence-electron chi connectivity index (χ3n) is 3.50. The third kappa shape index (κ3) is 3.91. The van der Waals surface area contributed by atoms with Crippen LogP contribution < -0.4 is 10.6 Å². The van der Waals surface area contributed by atoms with Crippen molar-refractivity contribution < 1.29 is 9.18 Å². The summed E-state index contributed by atoms with van der Waals surface area (Å²) in [6, 6.07) is 8.87. The molecule has 23 heavy (non-hydrogen) atoms. The zero-order valence-corrected chi connectivity index (χ0v) is 14.2. The summed E-state index contributed by atoms with van der Waals surface area (Å²) >= 11 is 13.5. The number of carbonyl (C=O) groups excluding carboxylic acids is 1. The van der Waals surface area contributed by atoms with Crippen molar-refractivity contribution in [2.24, 2.45) is 0 Å². The Hall–Kier alpha value is -1.43. The first kappa shape index (κ1) is 16.4. The minimum atomic E-state index is -0.388. The lowest BCUT2D eigenvalue weighted by Gasteiger charge is -2.26. The molecule has 1 aliphatic heterocycles. The highest BCUT2D eigenvalue weighted by molar-refractivity contribution is 7.99. The van der Waals surface area contributed by atoms with Crippen molar-refractivity contribution in [2.45, 2.75) is 17.4 Å². The molecule has 0 bridgehead atoms. The van der Waals surface area contributed by atoms with Gasteiger partial charge in [0.1, 0.15) is 5.82 Å². The van der Waals surface area contributed by atoms with Gasteiger partial charge in [0, 0.05) is 15.7 Å². The van der Waals surface area contributed by atoms with Gasteiger partial charge in [0.2, 0.25) is 0 Å². The van der Waals surface area contributed by atoms with Crippen molar-refractivity contribution >= 4 is 46.7 Å². The maximum atomic E-state index is 13.5. The van der Waals surface area contributed by atoms with Crippen LogP contribution >= 0.6 is 35.0 Å². The van der Waals surface area contributed by atoms with E-state index in [-0.39, 0.29) is 17.9 Å². The Balaban J connectivity index is 1.73. The first-order valence-corrected chi connectivity index (χ1v) is 8.72. The number of nitrogens with one attached hydrogen (secondary N) is 2. The van der Waals surface area contributed by atoms with Crippen molar-refractivity contribution in [1.29, 1.82) is 0 Å². The molecular formula is C16H13Cl2FN2OS. The van der Waals surface area contributed by atoms with Crippen LogP contribution in [0.5, 0.6) is 0 Å². The second kappa shape index (κ2) is 6.99. The fraction of sp³-hybridized carbons (Fsp3) is 0.188. The number of fused-ring (bicyclic) bond motifs is 1. The lowest BCUT2D eigenvalue weighted by Crippen LogP contribution is -2.34. The second-order valence-corrected chi connectivity index (χ2v) is 7.07. The Morgan fingerprint density at radius 3 is 2.83 bits per heavy atom. The van der Waals surface area contributed by atoms with Gasteiger partial charge in [-0.05, 0) is 48.4 Å². The normalized spacial score (nSPS) is 16.6. The van der Waals surface area contributed by atoms with E-state index in [1.165, 1.54) is 12.1 Å². The largest absolute Gasteiger partial charge is 0.331 e. The summed E-state index contributed by atoms with van der Waals surface area (Å²) in [5.74, 6) is 0.560. The summed E-state index contributed by atoms with van der Waals surface area (Å²) in [4.78, 5) is 13.2. The lowest BCUT2D eigenvalue weighted by molar-refractivity contribution is 0.248. The van der Waals surface area contributed by atoms with Gasteiger partial charge in [0.15, 0.2) is 0 Å². The Morgan fingerprint density at radius 1 is 1.22 bits per heavy atom. The highest BCUT2D eigenvalue weighted by atomic mass is 35.5. The van der Waals surface area contributed by atoms with Gasteiger partial charge in [-0.25, -0.2) is 9.18 Å². The first-order chi connectivity index (χ1) is 11.0. The number of thioether (sulfide) groups is 1. The van der Waals surface area contributed by atoms with E-state index in [0.29, 0.717) is 15.7 Å². The van der Waals surface area contributed by atoms with Crippen molar-refractivity contribution in [3.8, 4) is 0 Å². The molecule has 2 N–H and O–H groups in total. The molecule has 0 saturated carbocycles. The molecule has 0 aromatic heterocycles. The highest BCUT2D eigenvalue weighted by Gasteiger charge is 2.23. The monoisotopic (exact) mass is 370 g/mol. The average Bonchev–Trinajstić information content (AvgIpc) is 2.51. The van der Waals surface area contributed by atoms with E-state index in [9.17, 15) is 9.18 Å². The van der Waals surface area contributed by atoms with E-state index < -0.39 is 0 Å². The molecule has 0 saturated heterocycles. The Morgan fingerprint density at radius 2 is 2.04 bits per heavy atom. The predicted molar refractivity (Wildman–Crippen MR) is 93.1 cm³/mol. The third-order valence-corrected chi connectivity index (χ3v) is 5.17. The summed E-state index contributed by atoms with van der Waals surface area (Å²) in [5, 5.41) is 6.41. The van der Waals surface area contributed by atoms with Crippen LogP contribution in [0.4, 0.5) is 14.9 Å². The smallest absolute Gasteiger partial charge is 0.319 e. The topological polar surface area (TPSA) is 41.1 Å². The van der Waals surface area contributed by atoms with E-state index in [4.69, 9.17) is 23.2 Å². The summed E-state index contributed by atoms with van der Waals surface area (Å²) in [5.41, 5.74) is 1.27. The number of amides is 2. The minimum Gasteiger partial charge on any atom is -0.331 e. The minimum absolute atomic E-state index is 0.229. The summed E-state index contributed by atoms with van der Waals surface area (Å²) in [6.07, 6.45) is 0.739. The van der Waals surface area contributed by atoms with Gasteiger partial charge < -0.3 is 10.6 Å². The zero-order chi connectivity index (χ0) is 16.4. The Labute approximate surface area is 147 Å². The van der Waals surface area contributed by atoms with E-state index in [0.717, 1.165) is 22.6 Å². The summed E-state index contributed by atoms with van der Waals surface area (Å²) in [7, 11) is 0. The molecule has 3 nitrogen and oxygen atoms in total. The van der Waals surface area contributed by atoms with Crippen LogP contribution in [0, 0.1) is 5.82 Å². The highest BCUT2D eigenvalue weighted by Crippen LogP contribution is 2.36. The van der Waals surface area contributed by atoms with Gasteiger partial charge in [-0.1, -0.05) is 23.2 Å². The Kier molecular flexibility index (Phi) is 4.99. The van der Waals surface area contributed by atoms with E-state index in [1.54, 1.807) is 36.0 Å². The fourth-order valence-corrected chi connectivity index (χ4v) is 3.98. The van der Waals surface area contributed by atoms with Crippen molar-refractivity contribution in [1.82, 2.24) is 5.32 Å². The molecule has 2 aromatic carbocycles. The molecule has 1 aliphatic rings. The number of hydrogen-bond donors (Lipinski definition) is 2. The standard InChI is InChI=1S/C16H13Cl2FN2OS/c17-9-1-3-14(12(18)7-9)21-16(22)20-13-5-6-23-15-4-2-10(19)8-11(13)15/h1-4,7-8,13H,5-6H2,(H2,20,21,22). The molecule has 3 rings (SSSR count). The van der Waals surface area contributed by atoms with Crippen molar-refractivity contribution in [2.75, 3.05) is 11.1 Å². The number of anilines is 1. The van der Waals surface area contributed by atoms with Crippen LogP contribution in [-0.4, -0.2) is 11.8 Å². The van der Waals surface area contributed by atoms with Crippen molar-refractivity contribution in [3.63, 3.8) is 0 Å². The molecule has 1 heterocycles. The van der Waals surface area contributed by atoms with Gasteiger partial charge in [0.25, 0.3) is 0 Å². The maximum Gasteiger partial charge on any atom is 0.319 e. The van der Waals surface area contributed by atoms with Gasteiger partial charge in [-0.15, -0.1) is 11.8 Å². The number of rotatable bonds is 2. The van der Waals surface area contributed by atoms with Crippen LogP contribution in [0.3, 0.4) is 0 Å². The van der Waals surface area contributed by atoms with Crippen LogP contribution in [0.15, 0.2) is 41.3 Å². The van der Waals surface area contributed by atoms with Crippen molar-refractivity contribution in [3.05, 3.63) is 57.8 Å². The summed E-state index contributed by atoms with van der Waals surface area (Å²) < 4.78 is 13.5. The first-order valence-electron chi connectivity index (χ1n) is 6.98. The predicted octanol–water partition coefficient (Wildman–Crippen LogP) is 5.49. The molecule has 2 amide bonds. The van der Waals surface area contributed by atoms with Crippen LogP contribution in [-0.2, 0) is 0 Å². The maximum absolute atomic E-state index is 13.5. The quantitative estimate of drug-likeness (QED) is 0.733. The number of urea groups is 1. The fourth-order valence-electron chi connectivity index (χ4n) is 2.42. The lowest BCUT2D eigenvalue weighted by atomic mass is 10.0.